The van der Waals surface area contributed by atoms with E-state index < -0.39 is 17.7 Å². The standard InChI is InChI=1S/C17H12FNO3S2/c1-22-17(21)14-12(13-3-2-8-23-13)9-24-16(14)19-15(20)10-4-6-11(18)7-5-10/h2-9H,1H3,(H,19,20). The SMILES string of the molecule is COC(=O)c1c(-c2cccs2)csc1NC(=O)c1ccc(F)cc1. The minimum absolute atomic E-state index is 0.304. The van der Waals surface area contributed by atoms with Gasteiger partial charge in [0, 0.05) is 21.4 Å². The first-order chi connectivity index (χ1) is 11.6. The minimum atomic E-state index is -0.519. The Kier molecular flexibility index (Phi) is 4.73. The summed E-state index contributed by atoms with van der Waals surface area (Å²) < 4.78 is 17.8. The van der Waals surface area contributed by atoms with E-state index in [0.717, 1.165) is 10.4 Å². The molecule has 3 aromatic rings. The van der Waals surface area contributed by atoms with Crippen LogP contribution in [0.2, 0.25) is 0 Å². The van der Waals surface area contributed by atoms with Crippen LogP contribution >= 0.6 is 22.7 Å². The molecule has 0 radical (unpaired) electrons. The fraction of sp³-hybridized carbons (Fsp3) is 0.0588. The number of halogens is 1. The fourth-order valence-electron chi connectivity index (χ4n) is 2.14. The van der Waals surface area contributed by atoms with Crippen LogP contribution in [0.4, 0.5) is 9.39 Å². The summed E-state index contributed by atoms with van der Waals surface area (Å²) in [7, 11) is 1.30. The van der Waals surface area contributed by atoms with Crippen molar-refractivity contribution in [2.24, 2.45) is 0 Å². The average molecular weight is 361 g/mol. The number of methoxy groups -OCH3 is 1. The predicted octanol–water partition coefficient (Wildman–Crippen LogP) is 4.65. The number of ether oxygens (including phenoxy) is 1. The molecule has 24 heavy (non-hydrogen) atoms. The third-order valence-electron chi connectivity index (χ3n) is 3.30. The molecule has 0 aliphatic heterocycles. The number of amides is 1. The van der Waals surface area contributed by atoms with Crippen molar-refractivity contribution < 1.29 is 18.7 Å². The summed E-state index contributed by atoms with van der Waals surface area (Å²) in [6.07, 6.45) is 0. The van der Waals surface area contributed by atoms with Gasteiger partial charge in [-0.3, -0.25) is 4.79 Å². The molecule has 2 aromatic heterocycles. The predicted molar refractivity (Wildman–Crippen MR) is 93.3 cm³/mol. The lowest BCUT2D eigenvalue weighted by atomic mass is 10.1. The third-order valence-corrected chi connectivity index (χ3v) is 5.10. The zero-order valence-electron chi connectivity index (χ0n) is 12.5. The van der Waals surface area contributed by atoms with Crippen LogP contribution in [0.1, 0.15) is 20.7 Å². The van der Waals surface area contributed by atoms with E-state index in [0.29, 0.717) is 16.1 Å². The molecule has 0 saturated carbocycles. The van der Waals surface area contributed by atoms with Crippen LogP contribution in [0.15, 0.2) is 47.2 Å². The Balaban J connectivity index is 1.94. The molecule has 1 aromatic carbocycles. The summed E-state index contributed by atoms with van der Waals surface area (Å²) >= 11 is 2.74. The van der Waals surface area contributed by atoms with Crippen molar-refractivity contribution in [1.29, 1.82) is 0 Å². The molecule has 1 amide bonds. The number of hydrogen-bond acceptors (Lipinski definition) is 5. The Hall–Kier alpha value is -2.51. The summed E-state index contributed by atoms with van der Waals surface area (Å²) in [4.78, 5) is 25.4. The average Bonchev–Trinajstić information content (AvgIpc) is 3.24. The van der Waals surface area contributed by atoms with Crippen molar-refractivity contribution in [2.75, 3.05) is 12.4 Å². The molecule has 0 fully saturated rings. The number of anilines is 1. The van der Waals surface area contributed by atoms with Gasteiger partial charge in [-0.25, -0.2) is 9.18 Å². The lowest BCUT2D eigenvalue weighted by Gasteiger charge is -2.07. The first-order valence-electron chi connectivity index (χ1n) is 6.90. The summed E-state index contributed by atoms with van der Waals surface area (Å²) in [5.41, 5.74) is 1.34. The lowest BCUT2D eigenvalue weighted by Crippen LogP contribution is -2.14. The highest BCUT2D eigenvalue weighted by molar-refractivity contribution is 7.17. The number of esters is 1. The van der Waals surface area contributed by atoms with E-state index in [1.807, 2.05) is 17.5 Å². The molecule has 1 N–H and O–H groups in total. The largest absolute Gasteiger partial charge is 0.465 e. The summed E-state index contributed by atoms with van der Waals surface area (Å²) in [5, 5.41) is 6.82. The molecule has 0 atom stereocenters. The van der Waals surface area contributed by atoms with Gasteiger partial charge in [0.25, 0.3) is 5.91 Å². The molecular weight excluding hydrogens is 349 g/mol. The molecule has 0 bridgehead atoms. The van der Waals surface area contributed by atoms with Crippen LogP contribution in [0.25, 0.3) is 10.4 Å². The normalized spacial score (nSPS) is 10.4. The highest BCUT2D eigenvalue weighted by Crippen LogP contribution is 2.38. The van der Waals surface area contributed by atoms with Gasteiger partial charge in [0.1, 0.15) is 16.4 Å². The molecule has 0 spiro atoms. The van der Waals surface area contributed by atoms with Gasteiger partial charge in [0.2, 0.25) is 0 Å². The molecule has 0 aliphatic carbocycles. The van der Waals surface area contributed by atoms with Crippen molar-refractivity contribution >= 4 is 39.6 Å². The second kappa shape index (κ2) is 6.94. The Morgan fingerprint density at radius 3 is 2.50 bits per heavy atom. The van der Waals surface area contributed by atoms with Crippen LogP contribution in [0.3, 0.4) is 0 Å². The quantitative estimate of drug-likeness (QED) is 0.688. The van der Waals surface area contributed by atoms with Gasteiger partial charge < -0.3 is 10.1 Å². The number of carbonyl (C=O) groups is 2. The third kappa shape index (κ3) is 3.22. The number of carbonyl (C=O) groups excluding carboxylic acids is 2. The van der Waals surface area contributed by atoms with Gasteiger partial charge in [-0.1, -0.05) is 6.07 Å². The van der Waals surface area contributed by atoms with Crippen molar-refractivity contribution in [1.82, 2.24) is 0 Å². The second-order valence-corrected chi connectivity index (χ2v) is 6.61. The number of rotatable bonds is 4. The number of nitrogens with one attached hydrogen (secondary N) is 1. The Labute approximate surface area is 145 Å². The van der Waals surface area contributed by atoms with E-state index in [1.54, 1.807) is 5.38 Å². The van der Waals surface area contributed by atoms with Crippen LogP contribution < -0.4 is 5.32 Å². The monoisotopic (exact) mass is 361 g/mol. The van der Waals surface area contributed by atoms with Crippen LogP contribution in [0.5, 0.6) is 0 Å². The maximum absolute atomic E-state index is 13.0. The molecule has 122 valence electrons. The van der Waals surface area contributed by atoms with E-state index in [4.69, 9.17) is 4.74 Å². The van der Waals surface area contributed by atoms with Gasteiger partial charge in [-0.2, -0.15) is 0 Å². The van der Waals surface area contributed by atoms with Gasteiger partial charge >= 0.3 is 5.97 Å². The van der Waals surface area contributed by atoms with Crippen molar-refractivity contribution in [3.8, 4) is 10.4 Å². The van der Waals surface area contributed by atoms with Gasteiger partial charge in [0.05, 0.1) is 7.11 Å². The maximum atomic E-state index is 13.0. The Morgan fingerprint density at radius 1 is 1.12 bits per heavy atom. The van der Waals surface area contributed by atoms with Crippen LogP contribution in [0, 0.1) is 5.82 Å². The van der Waals surface area contributed by atoms with Crippen LogP contribution in [-0.2, 0) is 4.74 Å². The summed E-state index contributed by atoms with van der Waals surface area (Å²) in [6.45, 7) is 0. The van der Waals surface area contributed by atoms with Crippen LogP contribution in [-0.4, -0.2) is 19.0 Å². The summed E-state index contributed by atoms with van der Waals surface area (Å²) in [6, 6.07) is 8.97. The highest BCUT2D eigenvalue weighted by atomic mass is 32.1. The van der Waals surface area contributed by atoms with Gasteiger partial charge in [-0.05, 0) is 35.7 Å². The molecule has 7 heteroatoms. The first kappa shape index (κ1) is 16.4. The number of benzene rings is 1. The minimum Gasteiger partial charge on any atom is -0.465 e. The maximum Gasteiger partial charge on any atom is 0.341 e. The fourth-order valence-corrected chi connectivity index (χ4v) is 3.91. The molecule has 0 aliphatic rings. The molecular formula is C17H12FNO3S2. The van der Waals surface area contributed by atoms with Crippen molar-refractivity contribution in [2.45, 2.75) is 0 Å². The van der Waals surface area contributed by atoms with E-state index in [-0.39, 0.29) is 0 Å². The zero-order valence-corrected chi connectivity index (χ0v) is 14.2. The molecule has 0 saturated heterocycles. The number of thiophene rings is 2. The first-order valence-corrected chi connectivity index (χ1v) is 8.66. The van der Waals surface area contributed by atoms with E-state index >= 15 is 0 Å². The molecule has 3 rings (SSSR count). The lowest BCUT2D eigenvalue weighted by molar-refractivity contribution is 0.0603. The molecule has 0 unspecified atom stereocenters. The zero-order chi connectivity index (χ0) is 17.1. The second-order valence-electron chi connectivity index (χ2n) is 4.78. The topological polar surface area (TPSA) is 55.4 Å². The smallest absolute Gasteiger partial charge is 0.341 e. The highest BCUT2D eigenvalue weighted by Gasteiger charge is 2.23. The van der Waals surface area contributed by atoms with Gasteiger partial charge in [0.15, 0.2) is 0 Å². The molecule has 4 nitrogen and oxygen atoms in total. The molecule has 2 heterocycles. The Morgan fingerprint density at radius 2 is 1.88 bits per heavy atom. The van der Waals surface area contributed by atoms with E-state index in [1.165, 1.54) is 54.0 Å². The number of hydrogen-bond donors (Lipinski definition) is 1. The van der Waals surface area contributed by atoms with Gasteiger partial charge in [-0.15, -0.1) is 22.7 Å². The summed E-state index contributed by atoms with van der Waals surface area (Å²) in [5.74, 6) is -1.35. The van der Waals surface area contributed by atoms with E-state index in [2.05, 4.69) is 5.32 Å². The van der Waals surface area contributed by atoms with Crippen molar-refractivity contribution in [3.63, 3.8) is 0 Å². The van der Waals surface area contributed by atoms with E-state index in [9.17, 15) is 14.0 Å². The van der Waals surface area contributed by atoms with Crippen molar-refractivity contribution in [3.05, 3.63) is 64.1 Å². The Bertz CT molecular complexity index is 870.